The molecule has 0 unspecified atom stereocenters. The third-order valence-electron chi connectivity index (χ3n) is 6.07. The number of nitrogens with one attached hydrogen (secondary N) is 1. The molecule has 0 radical (unpaired) electrons. The molecule has 170 valence electrons. The van der Waals surface area contributed by atoms with Crippen molar-refractivity contribution in [3.05, 3.63) is 44.4 Å². The van der Waals surface area contributed by atoms with Gasteiger partial charge in [-0.2, -0.15) is 0 Å². The summed E-state index contributed by atoms with van der Waals surface area (Å²) >= 11 is 13.4. The Bertz CT molecular complexity index is 1050. The van der Waals surface area contributed by atoms with Gasteiger partial charge in [0.05, 0.1) is 17.2 Å². The molecule has 7 nitrogen and oxygen atoms in total. The Morgan fingerprint density at radius 2 is 1.97 bits per heavy atom. The first-order chi connectivity index (χ1) is 15.4. The van der Waals surface area contributed by atoms with Crippen LogP contribution in [0.1, 0.15) is 64.9 Å². The molecule has 1 aromatic heterocycles. The molecule has 2 heterocycles. The lowest BCUT2D eigenvalue weighted by atomic mass is 9.84. The first-order valence-electron chi connectivity index (χ1n) is 10.5. The van der Waals surface area contributed by atoms with Crippen molar-refractivity contribution in [2.45, 2.75) is 51.1 Å². The molecule has 2 aromatic rings. The Morgan fingerprint density at radius 3 is 2.69 bits per heavy atom. The predicted molar refractivity (Wildman–Crippen MR) is 123 cm³/mol. The lowest BCUT2D eigenvalue weighted by molar-refractivity contribution is -0.121. The minimum Gasteiger partial charge on any atom is -0.464 e. The summed E-state index contributed by atoms with van der Waals surface area (Å²) in [6, 6.07) is 2.59. The Balaban J connectivity index is 1.57. The van der Waals surface area contributed by atoms with E-state index in [1.807, 2.05) is 0 Å². The zero-order chi connectivity index (χ0) is 22.8. The van der Waals surface area contributed by atoms with Gasteiger partial charge in [-0.15, -0.1) is 11.3 Å². The summed E-state index contributed by atoms with van der Waals surface area (Å²) in [5.74, 6) is -0.756. The largest absolute Gasteiger partial charge is 0.464 e. The zero-order valence-corrected chi connectivity index (χ0v) is 19.9. The van der Waals surface area contributed by atoms with E-state index >= 15 is 0 Å². The third-order valence-corrected chi connectivity index (χ3v) is 7.55. The van der Waals surface area contributed by atoms with Gasteiger partial charge in [0.2, 0.25) is 5.91 Å². The number of methoxy groups -OCH3 is 1. The van der Waals surface area contributed by atoms with Crippen LogP contribution in [0.2, 0.25) is 10.0 Å². The number of nitrogens with zero attached hydrogens (tertiary/aromatic N) is 2. The molecule has 2 aliphatic rings. The van der Waals surface area contributed by atoms with Gasteiger partial charge in [-0.25, -0.2) is 9.78 Å². The van der Waals surface area contributed by atoms with Gasteiger partial charge >= 0.3 is 5.97 Å². The second kappa shape index (κ2) is 9.77. The fourth-order valence-corrected chi connectivity index (χ4v) is 5.44. The summed E-state index contributed by atoms with van der Waals surface area (Å²) in [5.41, 5.74) is 1.36. The van der Waals surface area contributed by atoms with Gasteiger partial charge < -0.3 is 15.0 Å². The maximum atomic E-state index is 13.3. The zero-order valence-electron chi connectivity index (χ0n) is 17.5. The third kappa shape index (κ3) is 4.77. The van der Waals surface area contributed by atoms with E-state index in [-0.39, 0.29) is 17.5 Å². The quantitative estimate of drug-likeness (QED) is 0.558. The first-order valence-corrected chi connectivity index (χ1v) is 12.1. The second-order valence-electron chi connectivity index (χ2n) is 8.13. The molecule has 1 aliphatic carbocycles. The molecule has 1 fully saturated rings. The maximum Gasteiger partial charge on any atom is 0.357 e. The Labute approximate surface area is 200 Å². The van der Waals surface area contributed by atoms with E-state index in [9.17, 15) is 14.4 Å². The maximum absolute atomic E-state index is 13.3. The Hall–Kier alpha value is -2.16. The van der Waals surface area contributed by atoms with Gasteiger partial charge in [0, 0.05) is 17.5 Å². The van der Waals surface area contributed by atoms with Crippen LogP contribution in [-0.4, -0.2) is 40.8 Å². The number of hydrogen-bond donors (Lipinski definition) is 1. The molecule has 1 aliphatic heterocycles. The van der Waals surface area contributed by atoms with Crippen LogP contribution < -0.4 is 5.32 Å². The van der Waals surface area contributed by atoms with Crippen LogP contribution in [0.25, 0.3) is 0 Å². The summed E-state index contributed by atoms with van der Waals surface area (Å²) in [7, 11) is 1.27. The van der Waals surface area contributed by atoms with Crippen LogP contribution in [0.15, 0.2) is 17.5 Å². The number of hydrogen-bond acceptors (Lipinski definition) is 6. The minimum absolute atomic E-state index is 0.130. The van der Waals surface area contributed by atoms with Crippen molar-refractivity contribution in [3.8, 4) is 0 Å². The molecule has 2 amide bonds. The number of carbonyl (C=O) groups excluding carboxylic acids is 3. The van der Waals surface area contributed by atoms with Gasteiger partial charge in [0.1, 0.15) is 6.04 Å². The topological polar surface area (TPSA) is 88.6 Å². The molecular weight excluding hydrogens is 473 g/mol. The normalized spacial score (nSPS) is 17.2. The highest BCUT2D eigenvalue weighted by molar-refractivity contribution is 7.14. The molecule has 4 rings (SSSR count). The Morgan fingerprint density at radius 1 is 1.25 bits per heavy atom. The fourth-order valence-electron chi connectivity index (χ4n) is 4.41. The van der Waals surface area contributed by atoms with Crippen molar-refractivity contribution in [2.75, 3.05) is 12.4 Å². The highest BCUT2D eigenvalue weighted by atomic mass is 35.5. The van der Waals surface area contributed by atoms with Crippen molar-refractivity contribution in [2.24, 2.45) is 5.92 Å². The molecule has 10 heteroatoms. The number of thiazole rings is 1. The number of benzene rings is 1. The van der Waals surface area contributed by atoms with Crippen LogP contribution >= 0.6 is 34.5 Å². The van der Waals surface area contributed by atoms with Gasteiger partial charge in [-0.05, 0) is 30.0 Å². The highest BCUT2D eigenvalue weighted by Crippen LogP contribution is 2.35. The van der Waals surface area contributed by atoms with Crippen LogP contribution in [0.4, 0.5) is 5.13 Å². The predicted octanol–water partition coefficient (Wildman–Crippen LogP) is 5.17. The summed E-state index contributed by atoms with van der Waals surface area (Å²) < 4.78 is 4.67. The number of halogens is 2. The van der Waals surface area contributed by atoms with E-state index < -0.39 is 12.0 Å². The van der Waals surface area contributed by atoms with Crippen LogP contribution in [0, 0.1) is 5.92 Å². The summed E-state index contributed by atoms with van der Waals surface area (Å²) in [5, 5.41) is 5.30. The molecule has 1 atom stereocenters. The van der Waals surface area contributed by atoms with E-state index in [0.717, 1.165) is 42.6 Å². The standard InChI is InChI=1S/C22H23Cl2N3O4S/c1-31-21(30)17-11-32-22(25-17)26-19(28)18(7-12-5-3-2-4-6-12)27-10-13-8-15(23)16(24)9-14(13)20(27)29/h8-9,11-12,18H,2-7,10H2,1H3,(H,25,26,28)/t18-/m0/s1. The Kier molecular flexibility index (Phi) is 7.02. The van der Waals surface area contributed by atoms with Crippen LogP contribution in [0.5, 0.6) is 0 Å². The summed E-state index contributed by atoms with van der Waals surface area (Å²) in [4.78, 5) is 44.0. The first kappa shape index (κ1) is 23.0. The molecule has 0 bridgehead atoms. The molecule has 32 heavy (non-hydrogen) atoms. The molecule has 1 saturated carbocycles. The second-order valence-corrected chi connectivity index (χ2v) is 9.80. The number of amides is 2. The van der Waals surface area contributed by atoms with E-state index in [1.165, 1.54) is 18.9 Å². The van der Waals surface area contributed by atoms with Crippen molar-refractivity contribution in [3.63, 3.8) is 0 Å². The van der Waals surface area contributed by atoms with Crippen molar-refractivity contribution in [1.82, 2.24) is 9.88 Å². The molecule has 1 aromatic carbocycles. The van der Waals surface area contributed by atoms with Gasteiger partial charge in [0.15, 0.2) is 10.8 Å². The number of fused-ring (bicyclic) bond motifs is 1. The summed E-state index contributed by atoms with van der Waals surface area (Å²) in [6.07, 6.45) is 6.12. The van der Waals surface area contributed by atoms with Crippen molar-refractivity contribution < 1.29 is 19.1 Å². The van der Waals surface area contributed by atoms with Crippen LogP contribution in [0.3, 0.4) is 0 Å². The van der Waals surface area contributed by atoms with Crippen molar-refractivity contribution >= 4 is 57.5 Å². The monoisotopic (exact) mass is 495 g/mol. The number of aromatic nitrogens is 1. The SMILES string of the molecule is COC(=O)c1csc(NC(=O)[C@H](CC2CCCCC2)N2Cc3cc(Cl)c(Cl)cc3C2=O)n1. The van der Waals surface area contributed by atoms with E-state index in [0.29, 0.717) is 39.6 Å². The lowest BCUT2D eigenvalue weighted by Crippen LogP contribution is -2.45. The van der Waals surface area contributed by atoms with Crippen LogP contribution in [-0.2, 0) is 16.1 Å². The number of rotatable bonds is 6. The van der Waals surface area contributed by atoms with Gasteiger partial charge in [0.25, 0.3) is 5.91 Å². The van der Waals surface area contributed by atoms with E-state index in [1.54, 1.807) is 17.0 Å². The number of anilines is 1. The highest BCUT2D eigenvalue weighted by Gasteiger charge is 2.38. The average molecular weight is 496 g/mol. The number of esters is 1. The fraction of sp³-hybridized carbons (Fsp3) is 0.455. The minimum atomic E-state index is -0.666. The molecule has 0 spiro atoms. The lowest BCUT2D eigenvalue weighted by Gasteiger charge is -2.31. The average Bonchev–Trinajstić information content (AvgIpc) is 3.37. The summed E-state index contributed by atoms with van der Waals surface area (Å²) in [6.45, 7) is 0.293. The van der Waals surface area contributed by atoms with E-state index in [4.69, 9.17) is 23.2 Å². The van der Waals surface area contributed by atoms with Crippen molar-refractivity contribution in [1.29, 1.82) is 0 Å². The number of ether oxygens (including phenoxy) is 1. The van der Waals surface area contributed by atoms with E-state index in [2.05, 4.69) is 15.0 Å². The molecule has 1 N–H and O–H groups in total. The smallest absolute Gasteiger partial charge is 0.357 e. The van der Waals surface area contributed by atoms with Gasteiger partial charge in [-0.1, -0.05) is 55.3 Å². The van der Waals surface area contributed by atoms with Gasteiger partial charge in [-0.3, -0.25) is 9.59 Å². The molecule has 0 saturated heterocycles. The molecular formula is C22H23Cl2N3O4S. The number of carbonyl (C=O) groups is 3.